The van der Waals surface area contributed by atoms with Crippen LogP contribution in [0.1, 0.15) is 13.3 Å². The quantitative estimate of drug-likeness (QED) is 0.622. The Kier molecular flexibility index (Phi) is 3.28. The summed E-state index contributed by atoms with van der Waals surface area (Å²) in [5.41, 5.74) is 0. The number of hydrogen-bond donors (Lipinski definition) is 2. The molecule has 0 radical (unpaired) electrons. The largest absolute Gasteiger partial charge is 0.378 e. The molecule has 0 aromatic heterocycles. The first-order valence-electron chi connectivity index (χ1n) is 5.60. The number of morpholine rings is 1. The lowest BCUT2D eigenvalue weighted by Gasteiger charge is -2.27. The molecule has 2 saturated heterocycles. The summed E-state index contributed by atoms with van der Waals surface area (Å²) in [6, 6.07) is -0.412. The van der Waals surface area contributed by atoms with E-state index >= 15 is 0 Å². The third kappa shape index (κ3) is 2.44. The van der Waals surface area contributed by atoms with Gasteiger partial charge in [-0.2, -0.15) is 0 Å². The third-order valence-corrected chi connectivity index (χ3v) is 2.89. The van der Waals surface area contributed by atoms with Crippen molar-refractivity contribution in [3.63, 3.8) is 0 Å². The van der Waals surface area contributed by atoms with Gasteiger partial charge in [0.05, 0.1) is 13.2 Å². The molecule has 2 aliphatic rings. The molecular formula is C10H17N3O3. The average Bonchev–Trinajstić information content (AvgIpc) is 2.59. The predicted molar refractivity (Wildman–Crippen MR) is 56.9 cm³/mol. The van der Waals surface area contributed by atoms with E-state index in [1.165, 1.54) is 0 Å². The predicted octanol–water partition coefficient (Wildman–Crippen LogP) is -0.695. The Hall–Kier alpha value is -1.30. The molecule has 16 heavy (non-hydrogen) atoms. The second kappa shape index (κ2) is 4.69. The van der Waals surface area contributed by atoms with Crippen molar-refractivity contribution in [1.82, 2.24) is 15.5 Å². The number of ether oxygens (including phenoxy) is 1. The van der Waals surface area contributed by atoms with E-state index in [0.29, 0.717) is 32.7 Å². The smallest absolute Gasteiger partial charge is 0.318 e. The molecule has 2 heterocycles. The van der Waals surface area contributed by atoms with E-state index in [0.717, 1.165) is 0 Å². The normalized spacial score (nSPS) is 30.1. The lowest BCUT2D eigenvalue weighted by molar-refractivity contribution is -0.120. The average molecular weight is 227 g/mol. The number of nitrogens with zero attached hydrogens (tertiary/aromatic N) is 1. The van der Waals surface area contributed by atoms with Crippen LogP contribution in [0.4, 0.5) is 4.79 Å². The Morgan fingerprint density at radius 3 is 2.75 bits per heavy atom. The van der Waals surface area contributed by atoms with Crippen LogP contribution in [0, 0.1) is 0 Å². The molecule has 6 nitrogen and oxygen atoms in total. The highest BCUT2D eigenvalue weighted by molar-refractivity contribution is 5.88. The lowest BCUT2D eigenvalue weighted by atomic mass is 10.2. The van der Waals surface area contributed by atoms with Crippen LogP contribution in [0.25, 0.3) is 0 Å². The summed E-state index contributed by atoms with van der Waals surface area (Å²) in [5.74, 6) is -0.0888. The zero-order valence-electron chi connectivity index (χ0n) is 9.36. The van der Waals surface area contributed by atoms with E-state index in [4.69, 9.17) is 4.74 Å². The Bertz CT molecular complexity index is 289. The SMILES string of the molecule is CC1C[C@H](NC(=O)N2CCOCC2)C(=O)N1. The number of hydrogen-bond acceptors (Lipinski definition) is 3. The van der Waals surface area contributed by atoms with Crippen LogP contribution < -0.4 is 10.6 Å². The molecule has 2 N–H and O–H groups in total. The second-order valence-corrected chi connectivity index (χ2v) is 4.25. The minimum Gasteiger partial charge on any atom is -0.378 e. The van der Waals surface area contributed by atoms with Crippen molar-refractivity contribution in [2.45, 2.75) is 25.4 Å². The van der Waals surface area contributed by atoms with Crippen molar-refractivity contribution < 1.29 is 14.3 Å². The third-order valence-electron chi connectivity index (χ3n) is 2.89. The van der Waals surface area contributed by atoms with Gasteiger partial charge in [0.15, 0.2) is 0 Å². The molecule has 3 amide bonds. The van der Waals surface area contributed by atoms with Crippen LogP contribution >= 0.6 is 0 Å². The van der Waals surface area contributed by atoms with Gasteiger partial charge in [-0.15, -0.1) is 0 Å². The monoisotopic (exact) mass is 227 g/mol. The maximum atomic E-state index is 11.8. The zero-order chi connectivity index (χ0) is 11.5. The molecule has 0 aromatic rings. The Labute approximate surface area is 94.3 Å². The molecule has 0 spiro atoms. The summed E-state index contributed by atoms with van der Waals surface area (Å²) >= 11 is 0. The Balaban J connectivity index is 1.84. The van der Waals surface area contributed by atoms with Gasteiger partial charge in [-0.05, 0) is 13.3 Å². The van der Waals surface area contributed by atoms with E-state index < -0.39 is 0 Å². The van der Waals surface area contributed by atoms with Gasteiger partial charge in [0.1, 0.15) is 6.04 Å². The molecular weight excluding hydrogens is 210 g/mol. The van der Waals surface area contributed by atoms with Gasteiger partial charge in [-0.1, -0.05) is 0 Å². The molecule has 0 aliphatic carbocycles. The maximum absolute atomic E-state index is 11.8. The second-order valence-electron chi connectivity index (χ2n) is 4.25. The van der Waals surface area contributed by atoms with Gasteiger partial charge in [-0.25, -0.2) is 4.79 Å². The molecule has 90 valence electrons. The van der Waals surface area contributed by atoms with Gasteiger partial charge in [0, 0.05) is 19.1 Å². The summed E-state index contributed by atoms with van der Waals surface area (Å²) in [5, 5.41) is 5.53. The fourth-order valence-electron chi connectivity index (χ4n) is 1.99. The summed E-state index contributed by atoms with van der Waals surface area (Å²) in [7, 11) is 0. The van der Waals surface area contributed by atoms with Gasteiger partial charge in [0.2, 0.25) is 5.91 Å². The van der Waals surface area contributed by atoms with E-state index in [2.05, 4.69) is 10.6 Å². The summed E-state index contributed by atoms with van der Waals surface area (Å²) in [6.07, 6.45) is 0.662. The minimum atomic E-state index is -0.384. The fourth-order valence-corrected chi connectivity index (χ4v) is 1.99. The molecule has 0 bridgehead atoms. The maximum Gasteiger partial charge on any atom is 0.318 e. The lowest BCUT2D eigenvalue weighted by Crippen LogP contribution is -2.50. The summed E-state index contributed by atoms with van der Waals surface area (Å²) < 4.78 is 5.16. The van der Waals surface area contributed by atoms with Crippen LogP contribution in [-0.2, 0) is 9.53 Å². The summed E-state index contributed by atoms with van der Waals surface area (Å²) in [4.78, 5) is 24.9. The van der Waals surface area contributed by atoms with E-state index in [9.17, 15) is 9.59 Å². The highest BCUT2D eigenvalue weighted by Gasteiger charge is 2.31. The topological polar surface area (TPSA) is 70.7 Å². The molecule has 2 aliphatic heterocycles. The van der Waals surface area contributed by atoms with Crippen molar-refractivity contribution in [2.24, 2.45) is 0 Å². The van der Waals surface area contributed by atoms with E-state index in [-0.39, 0.29) is 24.0 Å². The Morgan fingerprint density at radius 1 is 1.50 bits per heavy atom. The molecule has 6 heteroatoms. The zero-order valence-corrected chi connectivity index (χ0v) is 9.36. The van der Waals surface area contributed by atoms with Crippen LogP contribution in [-0.4, -0.2) is 55.2 Å². The van der Waals surface area contributed by atoms with Crippen molar-refractivity contribution >= 4 is 11.9 Å². The van der Waals surface area contributed by atoms with Gasteiger partial charge in [-0.3, -0.25) is 4.79 Å². The Morgan fingerprint density at radius 2 is 2.19 bits per heavy atom. The van der Waals surface area contributed by atoms with Crippen LogP contribution in [0.2, 0.25) is 0 Å². The van der Waals surface area contributed by atoms with Crippen molar-refractivity contribution in [3.8, 4) is 0 Å². The first kappa shape index (κ1) is 11.2. The van der Waals surface area contributed by atoms with E-state index in [1.54, 1.807) is 4.90 Å². The highest BCUT2D eigenvalue weighted by atomic mass is 16.5. The van der Waals surface area contributed by atoms with Crippen LogP contribution in [0.3, 0.4) is 0 Å². The highest BCUT2D eigenvalue weighted by Crippen LogP contribution is 2.08. The van der Waals surface area contributed by atoms with Crippen molar-refractivity contribution in [1.29, 1.82) is 0 Å². The first-order valence-corrected chi connectivity index (χ1v) is 5.60. The number of carbonyl (C=O) groups excluding carboxylic acids is 2. The fraction of sp³-hybridized carbons (Fsp3) is 0.800. The van der Waals surface area contributed by atoms with Crippen LogP contribution in [0.15, 0.2) is 0 Å². The van der Waals surface area contributed by atoms with Crippen molar-refractivity contribution in [2.75, 3.05) is 26.3 Å². The van der Waals surface area contributed by atoms with Gasteiger partial charge < -0.3 is 20.3 Å². The molecule has 2 rings (SSSR count). The molecule has 2 atom stereocenters. The number of urea groups is 1. The van der Waals surface area contributed by atoms with Gasteiger partial charge >= 0.3 is 6.03 Å². The number of rotatable bonds is 1. The number of nitrogens with one attached hydrogen (secondary N) is 2. The van der Waals surface area contributed by atoms with Crippen molar-refractivity contribution in [3.05, 3.63) is 0 Å². The molecule has 0 aromatic carbocycles. The minimum absolute atomic E-state index is 0.0888. The molecule has 2 fully saturated rings. The first-order chi connectivity index (χ1) is 7.66. The standard InChI is InChI=1S/C10H17N3O3/c1-7-6-8(9(14)11-7)12-10(15)13-2-4-16-5-3-13/h7-8H,2-6H2,1H3,(H,11,14)(H,12,15)/t7?,8-/m0/s1. The summed E-state index contributed by atoms with van der Waals surface area (Å²) in [6.45, 7) is 4.26. The molecule has 0 saturated carbocycles. The van der Waals surface area contributed by atoms with Gasteiger partial charge in [0.25, 0.3) is 0 Å². The van der Waals surface area contributed by atoms with E-state index in [1.807, 2.05) is 6.92 Å². The number of amides is 3. The molecule has 1 unspecified atom stereocenters. The number of carbonyl (C=O) groups is 2. The van der Waals surface area contributed by atoms with Crippen LogP contribution in [0.5, 0.6) is 0 Å².